The van der Waals surface area contributed by atoms with Crippen LogP contribution in [0.3, 0.4) is 0 Å². The van der Waals surface area contributed by atoms with Crippen molar-refractivity contribution in [1.82, 2.24) is 0 Å². The number of benzene rings is 2. The smallest absolute Gasteiger partial charge is 0.120 e. The Morgan fingerprint density at radius 1 is 1.17 bits per heavy atom. The Kier molecular flexibility index (Phi) is 4.26. The quantitative estimate of drug-likeness (QED) is 0.905. The Morgan fingerprint density at radius 2 is 1.94 bits per heavy atom. The van der Waals surface area contributed by atoms with E-state index in [1.807, 2.05) is 24.3 Å². The maximum atomic E-state index is 5.24. The second-order valence-corrected chi connectivity index (χ2v) is 4.98. The van der Waals surface area contributed by atoms with Gasteiger partial charge in [0.05, 0.1) is 7.11 Å². The third kappa shape index (κ3) is 3.05. The molecule has 0 aromatic heterocycles. The number of ether oxygens (including phenoxy) is 1. The van der Waals surface area contributed by atoms with Crippen molar-refractivity contribution in [2.45, 2.75) is 13.5 Å². The van der Waals surface area contributed by atoms with Gasteiger partial charge in [-0.25, -0.2) is 0 Å². The van der Waals surface area contributed by atoms with Crippen LogP contribution in [-0.4, -0.2) is 7.11 Å². The number of halogens is 1. The van der Waals surface area contributed by atoms with Crippen molar-refractivity contribution < 1.29 is 4.74 Å². The average molecular weight is 306 g/mol. The molecule has 0 atom stereocenters. The molecule has 0 aliphatic carbocycles. The maximum absolute atomic E-state index is 5.24. The fraction of sp³-hybridized carbons (Fsp3) is 0.200. The monoisotopic (exact) mass is 305 g/mol. The summed E-state index contributed by atoms with van der Waals surface area (Å²) in [6, 6.07) is 14.3. The molecule has 0 amide bonds. The highest BCUT2D eigenvalue weighted by atomic mass is 79.9. The molecular weight excluding hydrogens is 290 g/mol. The van der Waals surface area contributed by atoms with Crippen molar-refractivity contribution >= 4 is 21.6 Å². The van der Waals surface area contributed by atoms with Crippen LogP contribution in [-0.2, 0) is 6.54 Å². The molecule has 0 heterocycles. The third-order valence-corrected chi connectivity index (χ3v) is 3.65. The first-order valence-electron chi connectivity index (χ1n) is 5.82. The topological polar surface area (TPSA) is 21.3 Å². The Hall–Kier alpha value is -1.48. The zero-order chi connectivity index (χ0) is 13.0. The van der Waals surface area contributed by atoms with Gasteiger partial charge in [-0.15, -0.1) is 0 Å². The minimum Gasteiger partial charge on any atom is -0.497 e. The predicted molar refractivity (Wildman–Crippen MR) is 79.2 cm³/mol. The van der Waals surface area contributed by atoms with Crippen LogP contribution in [0.15, 0.2) is 46.9 Å². The largest absolute Gasteiger partial charge is 0.497 e. The first-order chi connectivity index (χ1) is 8.70. The summed E-state index contributed by atoms with van der Waals surface area (Å²) in [5.41, 5.74) is 3.55. The summed E-state index contributed by atoms with van der Waals surface area (Å²) in [5.74, 6) is 0.871. The summed E-state index contributed by atoms with van der Waals surface area (Å²) in [6.07, 6.45) is 0. The number of methoxy groups -OCH3 is 1. The van der Waals surface area contributed by atoms with E-state index >= 15 is 0 Å². The van der Waals surface area contributed by atoms with Crippen LogP contribution < -0.4 is 10.1 Å². The number of hydrogen-bond acceptors (Lipinski definition) is 2. The van der Waals surface area contributed by atoms with Gasteiger partial charge in [-0.1, -0.05) is 40.2 Å². The molecule has 0 saturated heterocycles. The van der Waals surface area contributed by atoms with Crippen molar-refractivity contribution in [3.05, 3.63) is 58.1 Å². The minimum atomic E-state index is 0.787. The maximum Gasteiger partial charge on any atom is 0.120 e. The molecule has 0 bridgehead atoms. The summed E-state index contributed by atoms with van der Waals surface area (Å²) in [6.45, 7) is 2.87. The highest BCUT2D eigenvalue weighted by molar-refractivity contribution is 9.10. The summed E-state index contributed by atoms with van der Waals surface area (Å²) in [4.78, 5) is 0. The zero-order valence-electron chi connectivity index (χ0n) is 10.5. The fourth-order valence-electron chi connectivity index (χ4n) is 1.75. The van der Waals surface area contributed by atoms with E-state index in [1.165, 1.54) is 11.1 Å². The molecule has 2 aromatic rings. The van der Waals surface area contributed by atoms with E-state index in [1.54, 1.807) is 7.11 Å². The molecule has 0 unspecified atom stereocenters. The number of nitrogens with one attached hydrogen (secondary N) is 1. The second kappa shape index (κ2) is 5.91. The van der Waals surface area contributed by atoms with Crippen LogP contribution in [0.2, 0.25) is 0 Å². The van der Waals surface area contributed by atoms with Crippen molar-refractivity contribution in [3.8, 4) is 5.75 Å². The van der Waals surface area contributed by atoms with E-state index in [0.29, 0.717) is 0 Å². The van der Waals surface area contributed by atoms with Crippen molar-refractivity contribution in [1.29, 1.82) is 0 Å². The minimum absolute atomic E-state index is 0.787. The van der Waals surface area contributed by atoms with E-state index < -0.39 is 0 Å². The van der Waals surface area contributed by atoms with Crippen LogP contribution in [0.25, 0.3) is 0 Å². The van der Waals surface area contributed by atoms with Crippen LogP contribution in [0.1, 0.15) is 11.1 Å². The Balaban J connectivity index is 2.13. The van der Waals surface area contributed by atoms with Crippen molar-refractivity contribution in [2.75, 3.05) is 12.4 Å². The van der Waals surface area contributed by atoms with E-state index in [4.69, 9.17) is 4.74 Å². The van der Waals surface area contributed by atoms with Crippen molar-refractivity contribution in [3.63, 3.8) is 0 Å². The zero-order valence-corrected chi connectivity index (χ0v) is 12.1. The molecule has 94 valence electrons. The molecule has 0 saturated carbocycles. The molecule has 2 aromatic carbocycles. The lowest BCUT2D eigenvalue weighted by atomic mass is 10.1. The molecule has 0 spiro atoms. The highest BCUT2D eigenvalue weighted by Gasteiger charge is 2.02. The summed E-state index contributed by atoms with van der Waals surface area (Å²) >= 11 is 3.55. The van der Waals surface area contributed by atoms with E-state index in [2.05, 4.69) is 46.4 Å². The molecule has 3 heteroatoms. The molecule has 1 N–H and O–H groups in total. The highest BCUT2D eigenvalue weighted by Crippen LogP contribution is 2.23. The second-order valence-electron chi connectivity index (χ2n) is 4.13. The molecule has 0 aliphatic heterocycles. The van der Waals surface area contributed by atoms with E-state index in [0.717, 1.165) is 22.5 Å². The number of rotatable bonds is 4. The SMILES string of the molecule is COc1ccc(C)c(NCc2ccccc2Br)c1. The lowest BCUT2D eigenvalue weighted by Crippen LogP contribution is -2.02. The van der Waals surface area contributed by atoms with Crippen LogP contribution in [0.4, 0.5) is 5.69 Å². The standard InChI is InChI=1S/C15H16BrNO/c1-11-7-8-13(18-2)9-15(11)17-10-12-5-3-4-6-14(12)16/h3-9,17H,10H2,1-2H3. The normalized spacial score (nSPS) is 10.2. The average Bonchev–Trinajstić information content (AvgIpc) is 2.39. The lowest BCUT2D eigenvalue weighted by molar-refractivity contribution is 0.415. The molecule has 0 aliphatic rings. The molecular formula is C15H16BrNO. The van der Waals surface area contributed by atoms with Gasteiger partial charge in [0.2, 0.25) is 0 Å². The summed E-state index contributed by atoms with van der Waals surface area (Å²) in [7, 11) is 1.68. The number of aryl methyl sites for hydroxylation is 1. The van der Waals surface area contributed by atoms with Crippen LogP contribution in [0, 0.1) is 6.92 Å². The molecule has 0 fully saturated rings. The Labute approximate surface area is 116 Å². The first-order valence-corrected chi connectivity index (χ1v) is 6.62. The van der Waals surface area contributed by atoms with Gasteiger partial charge in [-0.2, -0.15) is 0 Å². The molecule has 18 heavy (non-hydrogen) atoms. The van der Waals surface area contributed by atoms with E-state index in [9.17, 15) is 0 Å². The lowest BCUT2D eigenvalue weighted by Gasteiger charge is -2.12. The fourth-order valence-corrected chi connectivity index (χ4v) is 2.18. The molecule has 0 radical (unpaired) electrons. The third-order valence-electron chi connectivity index (χ3n) is 2.87. The number of hydrogen-bond donors (Lipinski definition) is 1. The number of anilines is 1. The van der Waals surface area contributed by atoms with Gasteiger partial charge in [0.1, 0.15) is 5.75 Å². The van der Waals surface area contributed by atoms with Gasteiger partial charge in [-0.05, 0) is 30.2 Å². The Morgan fingerprint density at radius 3 is 2.67 bits per heavy atom. The first kappa shape index (κ1) is 13.0. The van der Waals surface area contributed by atoms with Gasteiger partial charge >= 0.3 is 0 Å². The molecule has 2 nitrogen and oxygen atoms in total. The van der Waals surface area contributed by atoms with Gasteiger partial charge in [0.15, 0.2) is 0 Å². The van der Waals surface area contributed by atoms with Crippen LogP contribution in [0.5, 0.6) is 5.75 Å². The van der Waals surface area contributed by atoms with Gasteiger partial charge in [-0.3, -0.25) is 0 Å². The van der Waals surface area contributed by atoms with Gasteiger partial charge in [0.25, 0.3) is 0 Å². The van der Waals surface area contributed by atoms with Gasteiger partial charge in [0, 0.05) is 22.8 Å². The van der Waals surface area contributed by atoms with E-state index in [-0.39, 0.29) is 0 Å². The molecule has 2 rings (SSSR count). The van der Waals surface area contributed by atoms with Crippen LogP contribution >= 0.6 is 15.9 Å². The van der Waals surface area contributed by atoms with Gasteiger partial charge < -0.3 is 10.1 Å². The summed E-state index contributed by atoms with van der Waals surface area (Å²) < 4.78 is 6.36. The van der Waals surface area contributed by atoms with Crippen molar-refractivity contribution in [2.24, 2.45) is 0 Å². The Bertz CT molecular complexity index is 540. The summed E-state index contributed by atoms with van der Waals surface area (Å²) in [5, 5.41) is 3.43. The predicted octanol–water partition coefficient (Wildman–Crippen LogP) is 4.38.